The molecule has 2 aromatic rings. The lowest BCUT2D eigenvalue weighted by molar-refractivity contribution is -0.137. The Kier molecular flexibility index (Phi) is 5.14. The third-order valence-corrected chi connectivity index (χ3v) is 2.90. The van der Waals surface area contributed by atoms with Crippen molar-refractivity contribution in [3.05, 3.63) is 59.4 Å². The fourth-order valence-electron chi connectivity index (χ4n) is 1.80. The van der Waals surface area contributed by atoms with E-state index in [0.29, 0.717) is 11.8 Å². The van der Waals surface area contributed by atoms with Gasteiger partial charge in [-0.25, -0.2) is 0 Å². The van der Waals surface area contributed by atoms with Crippen LogP contribution in [0, 0.1) is 11.3 Å². The highest BCUT2D eigenvalue weighted by atomic mass is 19.4. The first-order valence-corrected chi connectivity index (χ1v) is 6.50. The molecular weight excluding hydrogens is 331 g/mol. The highest BCUT2D eigenvalue weighted by Gasteiger charge is 2.30. The molecule has 124 valence electrons. The summed E-state index contributed by atoms with van der Waals surface area (Å²) in [6.45, 7) is -2.95. The molecule has 0 N–H and O–H groups in total. The number of benzene rings is 1. The van der Waals surface area contributed by atoms with E-state index in [4.69, 9.17) is 5.26 Å². The second-order valence-electron chi connectivity index (χ2n) is 4.55. The second-order valence-corrected chi connectivity index (χ2v) is 4.55. The minimum atomic E-state index is -4.51. The molecule has 0 atom stereocenters. The summed E-state index contributed by atoms with van der Waals surface area (Å²) in [5, 5.41) is 9.14. The number of pyridine rings is 1. The average molecular weight is 340 g/mol. The molecular formula is C16H9F5N2O. The van der Waals surface area contributed by atoms with E-state index in [9.17, 15) is 22.0 Å². The van der Waals surface area contributed by atoms with Gasteiger partial charge in [-0.1, -0.05) is 12.1 Å². The number of nitriles is 1. The van der Waals surface area contributed by atoms with Crippen LogP contribution in [0.1, 0.15) is 16.8 Å². The lowest BCUT2D eigenvalue weighted by atomic mass is 10.1. The zero-order valence-corrected chi connectivity index (χ0v) is 11.9. The zero-order valence-electron chi connectivity index (χ0n) is 11.9. The fourth-order valence-corrected chi connectivity index (χ4v) is 1.80. The smallest absolute Gasteiger partial charge is 0.417 e. The fraction of sp³-hybridized carbons (Fsp3) is 0.125. The standard InChI is InChI=1S/C16H9F5N2O/c17-15(18)24-13-4-1-10(2-5-13)7-11(8-22)14-6-3-12(9-23-14)16(19,20)21/h1-7,9,15H/b11-7-. The Balaban J connectivity index is 2.24. The van der Waals surface area contributed by atoms with Crippen molar-refractivity contribution in [2.45, 2.75) is 12.8 Å². The predicted molar refractivity (Wildman–Crippen MR) is 75.8 cm³/mol. The van der Waals surface area contributed by atoms with Gasteiger partial charge in [0, 0.05) is 6.20 Å². The summed E-state index contributed by atoms with van der Waals surface area (Å²) in [7, 11) is 0. The van der Waals surface area contributed by atoms with Gasteiger partial charge >= 0.3 is 12.8 Å². The number of rotatable bonds is 4. The van der Waals surface area contributed by atoms with Gasteiger partial charge in [-0.3, -0.25) is 4.98 Å². The molecule has 1 aromatic carbocycles. The lowest BCUT2D eigenvalue weighted by Gasteiger charge is -2.06. The Morgan fingerprint density at radius 2 is 1.79 bits per heavy atom. The summed E-state index contributed by atoms with van der Waals surface area (Å²) in [4.78, 5) is 3.63. The SMILES string of the molecule is N#C/C(=C/c1ccc(OC(F)F)cc1)c1ccc(C(F)(F)F)cn1. The first kappa shape index (κ1) is 17.4. The Morgan fingerprint density at radius 3 is 2.25 bits per heavy atom. The summed E-state index contributed by atoms with van der Waals surface area (Å²) >= 11 is 0. The normalized spacial score (nSPS) is 12.1. The van der Waals surface area contributed by atoms with E-state index in [0.717, 1.165) is 12.1 Å². The molecule has 2 rings (SSSR count). The van der Waals surface area contributed by atoms with Gasteiger partial charge in [0.1, 0.15) is 11.8 Å². The van der Waals surface area contributed by atoms with Gasteiger partial charge in [-0.15, -0.1) is 0 Å². The van der Waals surface area contributed by atoms with Crippen LogP contribution in [0.2, 0.25) is 0 Å². The van der Waals surface area contributed by atoms with Crippen LogP contribution in [0.5, 0.6) is 5.75 Å². The highest BCUT2D eigenvalue weighted by molar-refractivity contribution is 5.88. The minimum absolute atomic E-state index is 0.0336. The molecule has 0 radical (unpaired) electrons. The Hall–Kier alpha value is -2.95. The predicted octanol–water partition coefficient (Wildman–Crippen LogP) is 4.77. The van der Waals surface area contributed by atoms with Crippen LogP contribution in [-0.2, 0) is 6.18 Å². The molecule has 8 heteroatoms. The van der Waals surface area contributed by atoms with Gasteiger partial charge in [0.25, 0.3) is 0 Å². The summed E-state index contributed by atoms with van der Waals surface area (Å²) in [5.41, 5.74) is -0.337. The van der Waals surface area contributed by atoms with E-state index < -0.39 is 18.4 Å². The maximum absolute atomic E-state index is 12.5. The van der Waals surface area contributed by atoms with Crippen LogP contribution < -0.4 is 4.74 Å². The van der Waals surface area contributed by atoms with Crippen LogP contribution >= 0.6 is 0 Å². The van der Waals surface area contributed by atoms with Crippen molar-refractivity contribution in [2.24, 2.45) is 0 Å². The zero-order chi connectivity index (χ0) is 17.7. The topological polar surface area (TPSA) is 45.9 Å². The quantitative estimate of drug-likeness (QED) is 0.595. The molecule has 0 aliphatic heterocycles. The molecule has 0 saturated heterocycles. The van der Waals surface area contributed by atoms with E-state index in [1.54, 1.807) is 0 Å². The average Bonchev–Trinajstić information content (AvgIpc) is 2.53. The molecule has 0 unspecified atom stereocenters. The van der Waals surface area contributed by atoms with Crippen molar-refractivity contribution in [2.75, 3.05) is 0 Å². The van der Waals surface area contributed by atoms with Crippen LogP contribution in [0.25, 0.3) is 11.6 Å². The first-order chi connectivity index (χ1) is 11.3. The van der Waals surface area contributed by atoms with Crippen LogP contribution in [-0.4, -0.2) is 11.6 Å². The Labute approximate surface area is 133 Å². The largest absolute Gasteiger partial charge is 0.435 e. The molecule has 0 saturated carbocycles. The Morgan fingerprint density at radius 1 is 1.12 bits per heavy atom. The summed E-state index contributed by atoms with van der Waals surface area (Å²) in [5.74, 6) is -0.0479. The number of halogens is 5. The van der Waals surface area contributed by atoms with E-state index in [1.807, 2.05) is 6.07 Å². The maximum Gasteiger partial charge on any atom is 0.417 e. The molecule has 1 aromatic heterocycles. The summed E-state index contributed by atoms with van der Waals surface area (Å²) in [6.07, 6.45) is -2.50. The van der Waals surface area contributed by atoms with Gasteiger partial charge in [-0.05, 0) is 35.9 Å². The molecule has 3 nitrogen and oxygen atoms in total. The number of nitrogens with zero attached hydrogens (tertiary/aromatic N) is 2. The van der Waals surface area contributed by atoms with Gasteiger partial charge in [0.15, 0.2) is 0 Å². The molecule has 24 heavy (non-hydrogen) atoms. The van der Waals surface area contributed by atoms with Crippen LogP contribution in [0.4, 0.5) is 22.0 Å². The number of ether oxygens (including phenoxy) is 1. The number of hydrogen-bond acceptors (Lipinski definition) is 3. The minimum Gasteiger partial charge on any atom is -0.435 e. The second kappa shape index (κ2) is 7.08. The Bertz CT molecular complexity index is 759. The van der Waals surface area contributed by atoms with Crippen LogP contribution in [0.15, 0.2) is 42.6 Å². The molecule has 0 amide bonds. The van der Waals surface area contributed by atoms with E-state index in [1.165, 1.54) is 30.3 Å². The van der Waals surface area contributed by atoms with Crippen molar-refractivity contribution >= 4 is 11.6 Å². The molecule has 0 spiro atoms. The van der Waals surface area contributed by atoms with E-state index in [-0.39, 0.29) is 17.0 Å². The number of allylic oxidation sites excluding steroid dienone is 1. The van der Waals surface area contributed by atoms with Gasteiger partial charge < -0.3 is 4.74 Å². The molecule has 1 heterocycles. The number of alkyl halides is 5. The van der Waals surface area contributed by atoms with Gasteiger partial charge in [-0.2, -0.15) is 27.2 Å². The van der Waals surface area contributed by atoms with Crippen molar-refractivity contribution < 1.29 is 26.7 Å². The maximum atomic E-state index is 12.5. The first-order valence-electron chi connectivity index (χ1n) is 6.50. The highest BCUT2D eigenvalue weighted by Crippen LogP contribution is 2.29. The number of hydrogen-bond donors (Lipinski definition) is 0. The van der Waals surface area contributed by atoms with Crippen molar-refractivity contribution in [3.63, 3.8) is 0 Å². The summed E-state index contributed by atoms with van der Waals surface area (Å²) in [6, 6.07) is 9.18. The third-order valence-electron chi connectivity index (χ3n) is 2.90. The molecule has 0 bridgehead atoms. The third kappa shape index (κ3) is 4.52. The van der Waals surface area contributed by atoms with E-state index in [2.05, 4.69) is 9.72 Å². The summed E-state index contributed by atoms with van der Waals surface area (Å²) < 4.78 is 65.8. The van der Waals surface area contributed by atoms with Crippen LogP contribution in [0.3, 0.4) is 0 Å². The molecule has 0 aliphatic rings. The van der Waals surface area contributed by atoms with Gasteiger partial charge in [0.05, 0.1) is 16.8 Å². The lowest BCUT2D eigenvalue weighted by Crippen LogP contribution is -2.05. The van der Waals surface area contributed by atoms with Crippen molar-refractivity contribution in [3.8, 4) is 11.8 Å². The molecule has 0 aliphatic carbocycles. The number of aromatic nitrogens is 1. The monoisotopic (exact) mass is 340 g/mol. The molecule has 0 fully saturated rings. The van der Waals surface area contributed by atoms with E-state index >= 15 is 0 Å². The van der Waals surface area contributed by atoms with Gasteiger partial charge in [0.2, 0.25) is 0 Å². The van der Waals surface area contributed by atoms with Crippen molar-refractivity contribution in [1.29, 1.82) is 5.26 Å². The van der Waals surface area contributed by atoms with Crippen molar-refractivity contribution in [1.82, 2.24) is 4.98 Å².